The summed E-state index contributed by atoms with van der Waals surface area (Å²) in [6.45, 7) is 9.69. The Hall–Kier alpha value is -0.570. The minimum atomic E-state index is -0.396. The summed E-state index contributed by atoms with van der Waals surface area (Å²) in [5.74, 6) is 0.725. The molecule has 1 fully saturated rings. The molecule has 0 spiro atoms. The number of carbonyl (C=O) groups is 1. The Balaban J connectivity index is 2.26. The lowest BCUT2D eigenvalue weighted by molar-refractivity contribution is -0.157. The van der Waals surface area contributed by atoms with Gasteiger partial charge < -0.3 is 10.1 Å². The summed E-state index contributed by atoms with van der Waals surface area (Å²) in [6, 6.07) is 0.183. The zero-order valence-corrected chi connectivity index (χ0v) is 11.2. The highest BCUT2D eigenvalue weighted by molar-refractivity contribution is 5.75. The van der Waals surface area contributed by atoms with Gasteiger partial charge in [0.25, 0.3) is 0 Å². The van der Waals surface area contributed by atoms with Crippen LogP contribution in [0.3, 0.4) is 0 Å². The number of ether oxygens (including phenoxy) is 1. The number of rotatable bonds is 5. The van der Waals surface area contributed by atoms with Crippen LogP contribution in [0.1, 0.15) is 53.9 Å². The predicted octanol–water partition coefficient (Wildman–Crippen LogP) is 2.49. The van der Waals surface area contributed by atoms with E-state index in [2.05, 4.69) is 12.2 Å². The second-order valence-electron chi connectivity index (χ2n) is 6.00. The van der Waals surface area contributed by atoms with Gasteiger partial charge in [-0.1, -0.05) is 12.8 Å². The molecule has 0 amide bonds. The molecule has 1 rings (SSSR count). The van der Waals surface area contributed by atoms with Crippen LogP contribution in [0, 0.1) is 5.92 Å². The molecule has 1 N–H and O–H groups in total. The molecule has 1 unspecified atom stereocenters. The van der Waals surface area contributed by atoms with Crippen molar-refractivity contribution < 1.29 is 9.53 Å². The third-order valence-corrected chi connectivity index (χ3v) is 2.68. The van der Waals surface area contributed by atoms with Crippen molar-refractivity contribution in [3.05, 3.63) is 0 Å². The van der Waals surface area contributed by atoms with E-state index in [-0.39, 0.29) is 12.0 Å². The van der Waals surface area contributed by atoms with Crippen LogP contribution in [0.5, 0.6) is 0 Å². The largest absolute Gasteiger partial charge is 0.459 e. The van der Waals surface area contributed by atoms with E-state index >= 15 is 0 Å². The van der Waals surface area contributed by atoms with Crippen molar-refractivity contribution in [2.45, 2.75) is 71.6 Å². The molecule has 0 heterocycles. The summed E-state index contributed by atoms with van der Waals surface area (Å²) < 4.78 is 5.32. The van der Waals surface area contributed by atoms with E-state index in [1.165, 1.54) is 19.3 Å². The summed E-state index contributed by atoms with van der Waals surface area (Å²) in [5.41, 5.74) is -0.396. The monoisotopic (exact) mass is 227 g/mol. The molecule has 0 aliphatic heterocycles. The van der Waals surface area contributed by atoms with E-state index < -0.39 is 5.60 Å². The Labute approximate surface area is 98.9 Å². The van der Waals surface area contributed by atoms with Gasteiger partial charge >= 0.3 is 5.97 Å². The van der Waals surface area contributed by atoms with Crippen molar-refractivity contribution >= 4 is 5.97 Å². The molecule has 0 aromatic rings. The van der Waals surface area contributed by atoms with Crippen molar-refractivity contribution in [1.29, 1.82) is 0 Å². The van der Waals surface area contributed by atoms with Crippen LogP contribution in [0.15, 0.2) is 0 Å². The van der Waals surface area contributed by atoms with Gasteiger partial charge in [0.15, 0.2) is 0 Å². The number of esters is 1. The Morgan fingerprint density at radius 1 is 1.38 bits per heavy atom. The molecule has 1 aliphatic carbocycles. The first-order valence-electron chi connectivity index (χ1n) is 6.27. The van der Waals surface area contributed by atoms with Gasteiger partial charge in [-0.15, -0.1) is 0 Å². The Bertz CT molecular complexity index is 241. The average Bonchev–Trinajstić information content (AvgIpc) is 2.84. The Kier molecular flexibility index (Phi) is 4.36. The summed E-state index contributed by atoms with van der Waals surface area (Å²) >= 11 is 0. The van der Waals surface area contributed by atoms with Crippen molar-refractivity contribution in [1.82, 2.24) is 5.32 Å². The normalized spacial score (nSPS) is 20.3. The summed E-state index contributed by atoms with van der Waals surface area (Å²) in [4.78, 5) is 11.7. The maximum absolute atomic E-state index is 11.7. The Morgan fingerprint density at radius 2 is 1.94 bits per heavy atom. The molecular weight excluding hydrogens is 202 g/mol. The third kappa shape index (κ3) is 5.50. The van der Waals surface area contributed by atoms with Crippen LogP contribution < -0.4 is 5.32 Å². The van der Waals surface area contributed by atoms with Gasteiger partial charge in [-0.3, -0.25) is 4.79 Å². The highest BCUT2D eigenvalue weighted by Crippen LogP contribution is 2.33. The number of hydrogen-bond acceptors (Lipinski definition) is 3. The fourth-order valence-electron chi connectivity index (χ4n) is 1.81. The SMILES string of the molecule is CC(CC1CC1)N[C@H](C)C(=O)OC(C)(C)C. The maximum atomic E-state index is 11.7. The van der Waals surface area contributed by atoms with Crippen LogP contribution in [-0.4, -0.2) is 23.7 Å². The van der Waals surface area contributed by atoms with Crippen molar-refractivity contribution in [3.8, 4) is 0 Å². The fraction of sp³-hybridized carbons (Fsp3) is 0.923. The molecule has 0 radical (unpaired) electrons. The van der Waals surface area contributed by atoms with E-state index in [4.69, 9.17) is 4.74 Å². The van der Waals surface area contributed by atoms with Crippen LogP contribution >= 0.6 is 0 Å². The molecule has 0 saturated heterocycles. The van der Waals surface area contributed by atoms with Gasteiger partial charge in [-0.05, 0) is 47.0 Å². The van der Waals surface area contributed by atoms with Gasteiger partial charge in [0, 0.05) is 6.04 Å². The molecule has 2 atom stereocenters. The maximum Gasteiger partial charge on any atom is 0.323 e. The fourth-order valence-corrected chi connectivity index (χ4v) is 1.81. The standard InChI is InChI=1S/C13H25NO2/c1-9(8-11-6-7-11)14-10(2)12(15)16-13(3,4)5/h9-11,14H,6-8H2,1-5H3/t9?,10-/m1/s1. The highest BCUT2D eigenvalue weighted by atomic mass is 16.6. The second-order valence-corrected chi connectivity index (χ2v) is 6.00. The first-order chi connectivity index (χ1) is 7.28. The van der Waals surface area contributed by atoms with Crippen molar-refractivity contribution in [3.63, 3.8) is 0 Å². The van der Waals surface area contributed by atoms with E-state index in [9.17, 15) is 4.79 Å². The van der Waals surface area contributed by atoms with Crippen LogP contribution in [-0.2, 0) is 9.53 Å². The minimum Gasteiger partial charge on any atom is -0.459 e. The average molecular weight is 227 g/mol. The highest BCUT2D eigenvalue weighted by Gasteiger charge is 2.26. The molecule has 3 nitrogen and oxygen atoms in total. The van der Waals surface area contributed by atoms with Gasteiger partial charge in [0.2, 0.25) is 0 Å². The van der Waals surface area contributed by atoms with E-state index in [1.54, 1.807) is 0 Å². The summed E-state index contributed by atoms with van der Waals surface area (Å²) in [6.07, 6.45) is 3.88. The zero-order chi connectivity index (χ0) is 12.3. The molecule has 0 aromatic heterocycles. The molecule has 94 valence electrons. The lowest BCUT2D eigenvalue weighted by atomic mass is 10.1. The smallest absolute Gasteiger partial charge is 0.323 e. The summed E-state index contributed by atoms with van der Waals surface area (Å²) in [5, 5.41) is 3.30. The topological polar surface area (TPSA) is 38.3 Å². The van der Waals surface area contributed by atoms with Gasteiger partial charge in [-0.2, -0.15) is 0 Å². The molecule has 0 aromatic carbocycles. The summed E-state index contributed by atoms with van der Waals surface area (Å²) in [7, 11) is 0. The second kappa shape index (κ2) is 5.17. The number of nitrogens with one attached hydrogen (secondary N) is 1. The molecule has 3 heteroatoms. The van der Waals surface area contributed by atoms with Crippen LogP contribution in [0.2, 0.25) is 0 Å². The van der Waals surface area contributed by atoms with Gasteiger partial charge in [0.05, 0.1) is 0 Å². The first kappa shape index (κ1) is 13.5. The predicted molar refractivity (Wildman–Crippen MR) is 65.2 cm³/mol. The number of carbonyl (C=O) groups excluding carboxylic acids is 1. The lowest BCUT2D eigenvalue weighted by Gasteiger charge is -2.24. The van der Waals surface area contributed by atoms with E-state index in [0.717, 1.165) is 5.92 Å². The molecule has 16 heavy (non-hydrogen) atoms. The molecular formula is C13H25NO2. The van der Waals surface area contributed by atoms with Crippen molar-refractivity contribution in [2.75, 3.05) is 0 Å². The quantitative estimate of drug-likeness (QED) is 0.733. The zero-order valence-electron chi connectivity index (χ0n) is 11.2. The van der Waals surface area contributed by atoms with Crippen LogP contribution in [0.25, 0.3) is 0 Å². The molecule has 1 aliphatic rings. The Morgan fingerprint density at radius 3 is 2.38 bits per heavy atom. The first-order valence-corrected chi connectivity index (χ1v) is 6.27. The lowest BCUT2D eigenvalue weighted by Crippen LogP contribution is -2.43. The van der Waals surface area contributed by atoms with Crippen LogP contribution in [0.4, 0.5) is 0 Å². The molecule has 1 saturated carbocycles. The van der Waals surface area contributed by atoms with E-state index in [0.29, 0.717) is 6.04 Å². The van der Waals surface area contributed by atoms with Gasteiger partial charge in [0.1, 0.15) is 11.6 Å². The molecule has 0 bridgehead atoms. The van der Waals surface area contributed by atoms with Crippen molar-refractivity contribution in [2.24, 2.45) is 5.92 Å². The third-order valence-electron chi connectivity index (χ3n) is 2.68. The van der Waals surface area contributed by atoms with E-state index in [1.807, 2.05) is 27.7 Å². The minimum absolute atomic E-state index is 0.157. The number of hydrogen-bond donors (Lipinski definition) is 1. The van der Waals surface area contributed by atoms with Gasteiger partial charge in [-0.25, -0.2) is 0 Å².